The predicted octanol–water partition coefficient (Wildman–Crippen LogP) is 3.85. The third kappa shape index (κ3) is 5.84. The van der Waals surface area contributed by atoms with Crippen molar-refractivity contribution in [2.75, 3.05) is 23.6 Å². The molecular weight excluding hydrogens is 438 g/mol. The van der Waals surface area contributed by atoms with Gasteiger partial charge >= 0.3 is 0 Å². The average molecular weight is 458 g/mol. The second-order valence-electron chi connectivity index (χ2n) is 6.69. The van der Waals surface area contributed by atoms with Crippen LogP contribution in [0.4, 0.5) is 11.4 Å². The minimum Gasteiger partial charge on any atom is -0.332 e. The number of likely N-dealkylation sites (N-methyl/N-ethyl adjacent to an activating group) is 1. The van der Waals surface area contributed by atoms with Gasteiger partial charge in [-0.15, -0.1) is 0 Å². The summed E-state index contributed by atoms with van der Waals surface area (Å²) in [6, 6.07) is 20.7. The molecule has 0 unspecified atom stereocenters. The third-order valence-electron chi connectivity index (χ3n) is 4.31. The normalized spacial score (nSPS) is 10.9. The molecule has 31 heavy (non-hydrogen) atoms. The van der Waals surface area contributed by atoms with Gasteiger partial charge in [-0.05, 0) is 48.5 Å². The van der Waals surface area contributed by atoms with Crippen molar-refractivity contribution in [3.05, 3.63) is 89.4 Å². The number of nitrogens with one attached hydrogen (secondary N) is 2. The maximum atomic E-state index is 12.6. The van der Waals surface area contributed by atoms with Crippen molar-refractivity contribution < 1.29 is 18.0 Å². The first kappa shape index (κ1) is 22.3. The molecule has 3 rings (SSSR count). The number of hydrogen-bond acceptors (Lipinski definition) is 4. The quantitative estimate of drug-likeness (QED) is 0.563. The molecule has 0 aliphatic carbocycles. The van der Waals surface area contributed by atoms with Crippen molar-refractivity contribution in [1.29, 1.82) is 0 Å². The van der Waals surface area contributed by atoms with Crippen LogP contribution in [0.3, 0.4) is 0 Å². The molecule has 0 spiro atoms. The van der Waals surface area contributed by atoms with E-state index in [0.717, 1.165) is 0 Å². The van der Waals surface area contributed by atoms with Gasteiger partial charge in [0.15, 0.2) is 0 Å². The highest BCUT2D eigenvalue weighted by molar-refractivity contribution is 7.92. The molecular formula is C22H20ClN3O4S. The van der Waals surface area contributed by atoms with Gasteiger partial charge in [-0.25, -0.2) is 8.42 Å². The van der Waals surface area contributed by atoms with Crippen LogP contribution in [0.1, 0.15) is 10.4 Å². The minimum absolute atomic E-state index is 0.138. The zero-order valence-electron chi connectivity index (χ0n) is 16.6. The topological polar surface area (TPSA) is 95.6 Å². The van der Waals surface area contributed by atoms with E-state index in [2.05, 4.69) is 10.0 Å². The molecule has 3 aromatic carbocycles. The first-order valence-corrected chi connectivity index (χ1v) is 11.1. The van der Waals surface area contributed by atoms with Gasteiger partial charge in [-0.1, -0.05) is 41.9 Å². The van der Waals surface area contributed by atoms with Gasteiger partial charge < -0.3 is 10.2 Å². The van der Waals surface area contributed by atoms with E-state index >= 15 is 0 Å². The molecule has 2 amide bonds. The molecule has 0 saturated heterocycles. The van der Waals surface area contributed by atoms with E-state index in [1.54, 1.807) is 42.5 Å². The Hall–Kier alpha value is -3.36. The zero-order valence-corrected chi connectivity index (χ0v) is 18.2. The van der Waals surface area contributed by atoms with E-state index < -0.39 is 15.9 Å². The molecule has 0 heterocycles. The first-order chi connectivity index (χ1) is 14.8. The van der Waals surface area contributed by atoms with E-state index in [9.17, 15) is 18.0 Å². The van der Waals surface area contributed by atoms with Gasteiger partial charge in [0.2, 0.25) is 5.91 Å². The van der Waals surface area contributed by atoms with E-state index in [4.69, 9.17) is 11.6 Å². The van der Waals surface area contributed by atoms with Crippen LogP contribution in [0, 0.1) is 0 Å². The zero-order chi connectivity index (χ0) is 22.4. The molecule has 0 aliphatic rings. The van der Waals surface area contributed by atoms with Gasteiger partial charge in [0.05, 0.1) is 22.2 Å². The van der Waals surface area contributed by atoms with Crippen LogP contribution in [0.15, 0.2) is 83.8 Å². The Labute approximate surface area is 185 Å². The Morgan fingerprint density at radius 1 is 0.903 bits per heavy atom. The number of para-hydroxylation sites is 1. The highest BCUT2D eigenvalue weighted by atomic mass is 35.5. The van der Waals surface area contributed by atoms with Gasteiger partial charge in [-0.3, -0.25) is 14.3 Å². The Morgan fingerprint density at radius 3 is 2.16 bits per heavy atom. The SMILES string of the molecule is CN(CC(=O)Nc1ccccc1Cl)C(=O)c1ccc(NS(=O)(=O)c2ccccc2)cc1. The fraction of sp³-hybridized carbons (Fsp3) is 0.0909. The van der Waals surface area contributed by atoms with Crippen molar-refractivity contribution in [2.45, 2.75) is 4.90 Å². The Kier molecular flexibility index (Phi) is 6.94. The standard InChI is InChI=1S/C22H20ClN3O4S/c1-26(15-21(27)24-20-10-6-5-9-19(20)23)22(28)16-11-13-17(14-12-16)25-31(29,30)18-7-3-2-4-8-18/h2-14,25H,15H2,1H3,(H,24,27). The summed E-state index contributed by atoms with van der Waals surface area (Å²) in [4.78, 5) is 26.2. The van der Waals surface area contributed by atoms with Crippen molar-refractivity contribution in [3.63, 3.8) is 0 Å². The van der Waals surface area contributed by atoms with Crippen LogP contribution in [-0.2, 0) is 14.8 Å². The molecule has 0 aliphatic heterocycles. The summed E-state index contributed by atoms with van der Waals surface area (Å²) < 4.78 is 27.2. The van der Waals surface area contributed by atoms with Crippen LogP contribution < -0.4 is 10.0 Å². The first-order valence-electron chi connectivity index (χ1n) is 9.24. The van der Waals surface area contributed by atoms with E-state index in [1.807, 2.05) is 0 Å². The predicted molar refractivity (Wildman–Crippen MR) is 121 cm³/mol. The largest absolute Gasteiger partial charge is 0.332 e. The average Bonchev–Trinajstić information content (AvgIpc) is 2.75. The van der Waals surface area contributed by atoms with E-state index in [-0.39, 0.29) is 17.3 Å². The molecule has 0 fully saturated rings. The molecule has 0 saturated carbocycles. The van der Waals surface area contributed by atoms with Gasteiger partial charge in [0, 0.05) is 18.3 Å². The highest BCUT2D eigenvalue weighted by Gasteiger charge is 2.17. The number of rotatable bonds is 7. The summed E-state index contributed by atoms with van der Waals surface area (Å²) in [7, 11) is -2.22. The molecule has 0 aromatic heterocycles. The van der Waals surface area contributed by atoms with Gasteiger partial charge in [0.1, 0.15) is 0 Å². The lowest BCUT2D eigenvalue weighted by Gasteiger charge is -2.17. The summed E-state index contributed by atoms with van der Waals surface area (Å²) in [5.74, 6) is -0.775. The van der Waals surface area contributed by atoms with Crippen LogP contribution >= 0.6 is 11.6 Å². The van der Waals surface area contributed by atoms with E-state index in [0.29, 0.717) is 22.0 Å². The number of carbonyl (C=O) groups excluding carboxylic acids is 2. The van der Waals surface area contributed by atoms with Crippen molar-refractivity contribution in [1.82, 2.24) is 4.90 Å². The number of halogens is 1. The van der Waals surface area contributed by atoms with Crippen LogP contribution in [0.5, 0.6) is 0 Å². The summed E-state index contributed by atoms with van der Waals surface area (Å²) in [6.07, 6.45) is 0. The summed E-state index contributed by atoms with van der Waals surface area (Å²) in [6.45, 7) is -0.174. The maximum absolute atomic E-state index is 12.6. The van der Waals surface area contributed by atoms with Crippen molar-refractivity contribution in [3.8, 4) is 0 Å². The number of sulfonamides is 1. The number of carbonyl (C=O) groups is 2. The molecule has 9 heteroatoms. The van der Waals surface area contributed by atoms with E-state index in [1.165, 1.54) is 48.3 Å². The molecule has 0 atom stereocenters. The molecule has 2 N–H and O–H groups in total. The van der Waals surface area contributed by atoms with Crippen LogP contribution in [0.25, 0.3) is 0 Å². The number of benzene rings is 3. The van der Waals surface area contributed by atoms with Gasteiger partial charge in [-0.2, -0.15) is 0 Å². The monoisotopic (exact) mass is 457 g/mol. The molecule has 3 aromatic rings. The Morgan fingerprint density at radius 2 is 1.52 bits per heavy atom. The highest BCUT2D eigenvalue weighted by Crippen LogP contribution is 2.20. The fourth-order valence-corrected chi connectivity index (χ4v) is 4.02. The van der Waals surface area contributed by atoms with Crippen LogP contribution in [0.2, 0.25) is 5.02 Å². The second-order valence-corrected chi connectivity index (χ2v) is 8.77. The Bertz CT molecular complexity index is 1180. The van der Waals surface area contributed by atoms with Gasteiger partial charge in [0.25, 0.3) is 15.9 Å². The lowest BCUT2D eigenvalue weighted by Crippen LogP contribution is -2.35. The number of amides is 2. The van der Waals surface area contributed by atoms with Crippen LogP contribution in [-0.4, -0.2) is 38.7 Å². The molecule has 0 bridgehead atoms. The van der Waals surface area contributed by atoms with Crippen molar-refractivity contribution in [2.24, 2.45) is 0 Å². The lowest BCUT2D eigenvalue weighted by atomic mass is 10.2. The Balaban J connectivity index is 1.62. The minimum atomic E-state index is -3.72. The molecule has 7 nitrogen and oxygen atoms in total. The summed E-state index contributed by atoms with van der Waals surface area (Å²) in [5, 5.41) is 3.06. The fourth-order valence-electron chi connectivity index (χ4n) is 2.75. The number of anilines is 2. The van der Waals surface area contributed by atoms with Crippen molar-refractivity contribution >= 4 is 44.8 Å². The maximum Gasteiger partial charge on any atom is 0.261 e. The smallest absolute Gasteiger partial charge is 0.261 e. The molecule has 160 valence electrons. The third-order valence-corrected chi connectivity index (χ3v) is 6.04. The number of nitrogens with zero attached hydrogens (tertiary/aromatic N) is 1. The second kappa shape index (κ2) is 9.63. The lowest BCUT2D eigenvalue weighted by molar-refractivity contribution is -0.116. The summed E-state index contributed by atoms with van der Waals surface area (Å²) >= 11 is 6.02. The summed E-state index contributed by atoms with van der Waals surface area (Å²) in [5.41, 5.74) is 1.10. The molecule has 0 radical (unpaired) electrons. The number of hydrogen-bond donors (Lipinski definition) is 2.